The minimum atomic E-state index is -4.79. The number of anilines is 2. The molecule has 0 atom stereocenters. The van der Waals surface area contributed by atoms with Crippen LogP contribution in [-0.2, 0) is 0 Å². The van der Waals surface area contributed by atoms with Gasteiger partial charge in [0.1, 0.15) is 11.6 Å². The van der Waals surface area contributed by atoms with E-state index in [1.165, 1.54) is 18.2 Å². The second-order valence-electron chi connectivity index (χ2n) is 9.09. The summed E-state index contributed by atoms with van der Waals surface area (Å²) in [4.78, 5) is 19.3. The maximum Gasteiger partial charge on any atom is 0.573 e. The minimum Gasteiger partial charge on any atom is -0.406 e. The molecular weight excluding hydrogens is 457 g/mol. The Bertz CT molecular complexity index is 1170. The number of hydrogen-bond donors (Lipinski definition) is 2. The molecule has 0 saturated heterocycles. The Labute approximate surface area is 202 Å². The van der Waals surface area contributed by atoms with E-state index in [0.717, 1.165) is 54.2 Å². The SMILES string of the molecule is CN(C)c1cc(N[C@H]2CC[C@@H](CNC(=O)c3cccc(OC(F)(F)F)c3)CC2)nc2ccccc12. The zero-order valence-electron chi connectivity index (χ0n) is 19.7. The number of hydrogen-bond acceptors (Lipinski definition) is 5. The van der Waals surface area contributed by atoms with Gasteiger partial charge in [0.05, 0.1) is 5.52 Å². The van der Waals surface area contributed by atoms with Gasteiger partial charge in [-0.25, -0.2) is 4.98 Å². The highest BCUT2D eigenvalue weighted by Crippen LogP contribution is 2.30. The third-order valence-corrected chi connectivity index (χ3v) is 6.26. The van der Waals surface area contributed by atoms with E-state index in [9.17, 15) is 18.0 Å². The lowest BCUT2D eigenvalue weighted by atomic mass is 9.86. The van der Waals surface area contributed by atoms with Crippen molar-refractivity contribution >= 4 is 28.3 Å². The van der Waals surface area contributed by atoms with Crippen LogP contribution in [0.1, 0.15) is 36.0 Å². The molecule has 1 fully saturated rings. The number of pyridine rings is 1. The van der Waals surface area contributed by atoms with Crippen LogP contribution >= 0.6 is 0 Å². The lowest BCUT2D eigenvalue weighted by Crippen LogP contribution is -2.34. The van der Waals surface area contributed by atoms with Crippen LogP contribution in [0.5, 0.6) is 5.75 Å². The largest absolute Gasteiger partial charge is 0.573 e. The second-order valence-corrected chi connectivity index (χ2v) is 9.09. The Kier molecular flexibility index (Phi) is 7.33. The average Bonchev–Trinajstić information content (AvgIpc) is 2.82. The number of alkyl halides is 3. The van der Waals surface area contributed by atoms with Gasteiger partial charge in [0.15, 0.2) is 0 Å². The van der Waals surface area contributed by atoms with E-state index < -0.39 is 18.0 Å². The molecular formula is C26H29F3N4O2. The van der Waals surface area contributed by atoms with Gasteiger partial charge >= 0.3 is 6.36 Å². The van der Waals surface area contributed by atoms with Gasteiger partial charge in [-0.15, -0.1) is 13.2 Å². The molecule has 1 heterocycles. The molecule has 0 radical (unpaired) electrons. The standard InChI is InChI=1S/C26H29F3N4O2/c1-33(2)23-15-24(32-22-9-4-3-8-21(22)23)31-19-12-10-17(11-13-19)16-30-25(34)18-6-5-7-20(14-18)35-26(27,28)29/h3-9,14-15,17,19H,10-13,16H2,1-2H3,(H,30,34)(H,31,32)/t17-,19+. The quantitative estimate of drug-likeness (QED) is 0.455. The number of rotatable bonds is 7. The summed E-state index contributed by atoms with van der Waals surface area (Å²) in [6.45, 7) is 0.481. The summed E-state index contributed by atoms with van der Waals surface area (Å²) in [5.41, 5.74) is 2.20. The monoisotopic (exact) mass is 486 g/mol. The van der Waals surface area contributed by atoms with Gasteiger partial charge in [-0.1, -0.05) is 24.3 Å². The Hall–Kier alpha value is -3.49. The fourth-order valence-electron chi connectivity index (χ4n) is 4.49. The summed E-state index contributed by atoms with van der Waals surface area (Å²) >= 11 is 0. The van der Waals surface area contributed by atoms with Gasteiger partial charge in [0, 0.05) is 49.4 Å². The summed E-state index contributed by atoms with van der Waals surface area (Å²) in [6.07, 6.45) is -1.03. The van der Waals surface area contributed by atoms with Crippen molar-refractivity contribution < 1.29 is 22.7 Å². The topological polar surface area (TPSA) is 66.5 Å². The number of carbonyl (C=O) groups is 1. The summed E-state index contributed by atoms with van der Waals surface area (Å²) in [6, 6.07) is 15.6. The van der Waals surface area contributed by atoms with Crippen molar-refractivity contribution in [2.75, 3.05) is 30.9 Å². The fourth-order valence-corrected chi connectivity index (χ4v) is 4.49. The Morgan fingerprint density at radius 3 is 2.51 bits per heavy atom. The van der Waals surface area contributed by atoms with Crippen LogP contribution < -0.4 is 20.3 Å². The third kappa shape index (κ3) is 6.55. The van der Waals surface area contributed by atoms with Crippen LogP contribution in [0, 0.1) is 5.92 Å². The summed E-state index contributed by atoms with van der Waals surface area (Å²) in [7, 11) is 4.04. The molecule has 6 nitrogen and oxygen atoms in total. The molecule has 3 aromatic rings. The predicted molar refractivity (Wildman–Crippen MR) is 131 cm³/mol. The second kappa shape index (κ2) is 10.4. The molecule has 35 heavy (non-hydrogen) atoms. The van der Waals surface area contributed by atoms with E-state index in [-0.39, 0.29) is 5.56 Å². The number of carbonyl (C=O) groups excluding carboxylic acids is 1. The van der Waals surface area contributed by atoms with Crippen LogP contribution in [0.4, 0.5) is 24.7 Å². The first-order valence-electron chi connectivity index (χ1n) is 11.7. The van der Waals surface area contributed by atoms with Crippen molar-refractivity contribution in [1.82, 2.24) is 10.3 Å². The Morgan fingerprint density at radius 2 is 1.80 bits per heavy atom. The van der Waals surface area contributed by atoms with E-state index in [2.05, 4.69) is 32.4 Å². The molecule has 1 amide bonds. The van der Waals surface area contributed by atoms with Crippen LogP contribution in [0.25, 0.3) is 10.9 Å². The highest BCUT2D eigenvalue weighted by molar-refractivity contribution is 5.94. The minimum absolute atomic E-state index is 0.140. The maximum atomic E-state index is 12.4. The van der Waals surface area contributed by atoms with Gasteiger partial charge in [-0.2, -0.15) is 0 Å². The molecule has 2 aromatic carbocycles. The average molecular weight is 487 g/mol. The molecule has 2 N–H and O–H groups in total. The number of ether oxygens (including phenoxy) is 1. The number of amides is 1. The molecule has 0 aliphatic heterocycles. The normalized spacial score (nSPS) is 18.2. The molecule has 1 aliphatic rings. The maximum absolute atomic E-state index is 12.4. The highest BCUT2D eigenvalue weighted by atomic mass is 19.4. The van der Waals surface area contributed by atoms with Crippen molar-refractivity contribution in [2.24, 2.45) is 5.92 Å². The van der Waals surface area contributed by atoms with E-state index >= 15 is 0 Å². The fraction of sp³-hybridized carbons (Fsp3) is 0.385. The number of halogens is 3. The molecule has 1 saturated carbocycles. The number of fused-ring (bicyclic) bond motifs is 1. The van der Waals surface area contributed by atoms with Gasteiger partial charge in [-0.05, 0) is 55.9 Å². The van der Waals surface area contributed by atoms with Crippen molar-refractivity contribution in [3.8, 4) is 5.75 Å². The summed E-state index contributed by atoms with van der Waals surface area (Å²) < 4.78 is 41.2. The number of aromatic nitrogens is 1. The number of nitrogens with zero attached hydrogens (tertiary/aromatic N) is 2. The van der Waals surface area contributed by atoms with E-state index in [1.54, 1.807) is 0 Å². The van der Waals surface area contributed by atoms with Crippen LogP contribution in [-0.4, -0.2) is 43.9 Å². The molecule has 0 bridgehead atoms. The van der Waals surface area contributed by atoms with Gasteiger partial charge in [0.25, 0.3) is 5.91 Å². The van der Waals surface area contributed by atoms with Gasteiger partial charge in [-0.3, -0.25) is 4.79 Å². The lowest BCUT2D eigenvalue weighted by Gasteiger charge is -2.30. The highest BCUT2D eigenvalue weighted by Gasteiger charge is 2.31. The van der Waals surface area contributed by atoms with Crippen molar-refractivity contribution in [3.63, 3.8) is 0 Å². The predicted octanol–water partition coefficient (Wildman–Crippen LogP) is 5.60. The Balaban J connectivity index is 1.29. The van der Waals surface area contributed by atoms with Gasteiger partial charge < -0.3 is 20.3 Å². The van der Waals surface area contributed by atoms with Crippen LogP contribution in [0.2, 0.25) is 0 Å². The molecule has 1 aliphatic carbocycles. The van der Waals surface area contributed by atoms with Gasteiger partial charge in [0.2, 0.25) is 0 Å². The first-order chi connectivity index (χ1) is 16.7. The molecule has 4 rings (SSSR count). The summed E-state index contributed by atoms with van der Waals surface area (Å²) in [5.74, 6) is 0.351. The van der Waals surface area contributed by atoms with Crippen LogP contribution in [0.15, 0.2) is 54.6 Å². The zero-order valence-corrected chi connectivity index (χ0v) is 19.7. The van der Waals surface area contributed by atoms with Crippen molar-refractivity contribution in [3.05, 3.63) is 60.2 Å². The smallest absolute Gasteiger partial charge is 0.406 e. The molecule has 9 heteroatoms. The van der Waals surface area contributed by atoms with Crippen molar-refractivity contribution in [2.45, 2.75) is 38.1 Å². The summed E-state index contributed by atoms with van der Waals surface area (Å²) in [5, 5.41) is 7.53. The number of benzene rings is 2. The molecule has 0 unspecified atom stereocenters. The molecule has 186 valence electrons. The first kappa shape index (κ1) is 24.6. The molecule has 1 aromatic heterocycles. The van der Waals surface area contributed by atoms with Crippen molar-refractivity contribution in [1.29, 1.82) is 0 Å². The Morgan fingerprint density at radius 1 is 1.06 bits per heavy atom. The number of nitrogens with one attached hydrogen (secondary N) is 2. The number of para-hydroxylation sites is 1. The molecule has 0 spiro atoms. The zero-order chi connectivity index (χ0) is 25.0. The third-order valence-electron chi connectivity index (χ3n) is 6.26. The van der Waals surface area contributed by atoms with Crippen LogP contribution in [0.3, 0.4) is 0 Å². The van der Waals surface area contributed by atoms with E-state index in [4.69, 9.17) is 4.98 Å². The lowest BCUT2D eigenvalue weighted by molar-refractivity contribution is -0.274. The van der Waals surface area contributed by atoms with E-state index in [0.29, 0.717) is 18.5 Å². The van der Waals surface area contributed by atoms with E-state index in [1.807, 2.05) is 32.3 Å². The first-order valence-corrected chi connectivity index (χ1v) is 11.7.